The lowest BCUT2D eigenvalue weighted by Gasteiger charge is -2.10. The number of H-pyrrole nitrogens is 1. The van der Waals surface area contributed by atoms with Gasteiger partial charge < -0.3 is 9.72 Å². The number of ether oxygens (including phenoxy) is 1. The minimum Gasteiger partial charge on any atom is -0.453 e. The van der Waals surface area contributed by atoms with Gasteiger partial charge in [0.1, 0.15) is 5.03 Å². The molecule has 1 N–H and O–H groups in total. The van der Waals surface area contributed by atoms with Crippen LogP contribution in [0.3, 0.4) is 0 Å². The highest BCUT2D eigenvalue weighted by Crippen LogP contribution is 2.35. The predicted octanol–water partition coefficient (Wildman–Crippen LogP) is 2.37. The molecule has 1 unspecified atom stereocenters. The Bertz CT molecular complexity index is 291. The first kappa shape index (κ1) is 11.5. The van der Waals surface area contributed by atoms with Crippen LogP contribution in [0.25, 0.3) is 0 Å². The van der Waals surface area contributed by atoms with Gasteiger partial charge in [-0.05, 0) is 34.9 Å². The summed E-state index contributed by atoms with van der Waals surface area (Å²) in [6.07, 6.45) is 2.44. The molecule has 0 aliphatic carbocycles. The second-order valence-corrected chi connectivity index (χ2v) is 4.93. The number of aryl methyl sites for hydroxylation is 1. The number of carbonyl (C=O) groups is 1. The summed E-state index contributed by atoms with van der Waals surface area (Å²) in [5.41, 5.74) is 0.928. The van der Waals surface area contributed by atoms with E-state index in [1.807, 2.05) is 13.8 Å². The van der Waals surface area contributed by atoms with Crippen molar-refractivity contribution >= 4 is 28.1 Å². The van der Waals surface area contributed by atoms with Gasteiger partial charge in [-0.2, -0.15) is 0 Å². The fourth-order valence-corrected chi connectivity index (χ4v) is 3.13. The maximum atomic E-state index is 10.1. The molecular formula is C8H12N2O2S2. The van der Waals surface area contributed by atoms with Crippen LogP contribution in [0.4, 0.5) is 0 Å². The molecule has 0 radical (unpaired) electrons. The molecule has 0 saturated carbocycles. The summed E-state index contributed by atoms with van der Waals surface area (Å²) in [6.45, 7) is 4.41. The Hall–Kier alpha value is -0.620. The highest BCUT2D eigenvalue weighted by Gasteiger charge is 2.10. The molecule has 0 aromatic carbocycles. The van der Waals surface area contributed by atoms with Crippen LogP contribution < -0.4 is 0 Å². The van der Waals surface area contributed by atoms with Gasteiger partial charge in [0.2, 0.25) is 0 Å². The molecule has 14 heavy (non-hydrogen) atoms. The largest absolute Gasteiger partial charge is 0.453 e. The lowest BCUT2D eigenvalue weighted by atomic mass is 10.5. The summed E-state index contributed by atoms with van der Waals surface area (Å²) in [4.78, 5) is 17.2. The van der Waals surface area contributed by atoms with E-state index in [-0.39, 0.29) is 5.44 Å². The summed E-state index contributed by atoms with van der Waals surface area (Å²) in [5, 5.41) is 0.933. The quantitative estimate of drug-likeness (QED) is 0.463. The van der Waals surface area contributed by atoms with Gasteiger partial charge in [-0.3, -0.25) is 4.79 Å². The van der Waals surface area contributed by atoms with Crippen LogP contribution in [0.2, 0.25) is 0 Å². The Morgan fingerprint density at radius 3 is 3.07 bits per heavy atom. The zero-order chi connectivity index (χ0) is 10.4. The van der Waals surface area contributed by atoms with E-state index in [1.54, 1.807) is 6.33 Å². The van der Waals surface area contributed by atoms with Crippen molar-refractivity contribution in [3.63, 3.8) is 0 Å². The summed E-state index contributed by atoms with van der Waals surface area (Å²) in [6, 6.07) is 0. The van der Waals surface area contributed by atoms with Crippen molar-refractivity contribution in [3.8, 4) is 0 Å². The van der Waals surface area contributed by atoms with Crippen molar-refractivity contribution in [1.82, 2.24) is 9.97 Å². The average molecular weight is 232 g/mol. The van der Waals surface area contributed by atoms with Crippen LogP contribution in [-0.2, 0) is 9.53 Å². The number of nitrogens with zero attached hydrogens (tertiary/aromatic N) is 1. The first-order chi connectivity index (χ1) is 6.77. The predicted molar refractivity (Wildman–Crippen MR) is 58.0 cm³/mol. The summed E-state index contributed by atoms with van der Waals surface area (Å²) >= 11 is 0. The van der Waals surface area contributed by atoms with E-state index in [4.69, 9.17) is 4.74 Å². The maximum Gasteiger partial charge on any atom is 0.294 e. The number of rotatable bonds is 6. The molecule has 4 nitrogen and oxygen atoms in total. The van der Waals surface area contributed by atoms with Gasteiger partial charge >= 0.3 is 0 Å². The molecule has 1 atom stereocenters. The maximum absolute atomic E-state index is 10.1. The molecular weight excluding hydrogens is 220 g/mol. The van der Waals surface area contributed by atoms with Crippen LogP contribution in [0.5, 0.6) is 0 Å². The Balaban J connectivity index is 2.39. The first-order valence-electron chi connectivity index (χ1n) is 4.20. The molecule has 0 fully saturated rings. The molecule has 78 valence electrons. The van der Waals surface area contributed by atoms with Crippen molar-refractivity contribution in [1.29, 1.82) is 0 Å². The van der Waals surface area contributed by atoms with E-state index in [1.165, 1.54) is 21.6 Å². The Labute approximate surface area is 90.6 Å². The van der Waals surface area contributed by atoms with Crippen LogP contribution in [0.1, 0.15) is 19.0 Å². The smallest absolute Gasteiger partial charge is 0.294 e. The van der Waals surface area contributed by atoms with Gasteiger partial charge in [-0.25, -0.2) is 4.98 Å². The molecule has 1 aromatic rings. The van der Waals surface area contributed by atoms with E-state index in [2.05, 4.69) is 9.97 Å². The summed E-state index contributed by atoms with van der Waals surface area (Å²) in [5.74, 6) is 0. The number of aromatic amines is 1. The van der Waals surface area contributed by atoms with Gasteiger partial charge in [0, 0.05) is 5.69 Å². The third kappa shape index (κ3) is 3.26. The summed E-state index contributed by atoms with van der Waals surface area (Å²) in [7, 11) is 3.02. The van der Waals surface area contributed by atoms with E-state index in [9.17, 15) is 4.79 Å². The minimum atomic E-state index is -0.103. The first-order valence-corrected chi connectivity index (χ1v) is 6.41. The molecule has 0 saturated heterocycles. The van der Waals surface area contributed by atoms with Gasteiger partial charge in [0.05, 0.1) is 6.33 Å². The van der Waals surface area contributed by atoms with Gasteiger partial charge in [0.15, 0.2) is 5.44 Å². The number of hydrogen-bond acceptors (Lipinski definition) is 5. The van der Waals surface area contributed by atoms with Crippen molar-refractivity contribution < 1.29 is 9.53 Å². The van der Waals surface area contributed by atoms with Crippen LogP contribution in [0.15, 0.2) is 11.4 Å². The van der Waals surface area contributed by atoms with Gasteiger partial charge in [-0.15, -0.1) is 0 Å². The SMILES string of the molecule is CCC(OC=O)SSc1nc[nH]c1C. The van der Waals surface area contributed by atoms with Crippen LogP contribution in [-0.4, -0.2) is 21.9 Å². The van der Waals surface area contributed by atoms with Crippen LogP contribution >= 0.6 is 21.6 Å². The van der Waals surface area contributed by atoms with E-state index in [0.717, 1.165) is 17.1 Å². The fourth-order valence-electron chi connectivity index (χ4n) is 0.778. The molecule has 0 spiro atoms. The Kier molecular flexibility index (Phi) is 4.89. The third-order valence-electron chi connectivity index (χ3n) is 1.56. The molecule has 0 aliphatic heterocycles. The van der Waals surface area contributed by atoms with Crippen molar-refractivity contribution in [2.24, 2.45) is 0 Å². The van der Waals surface area contributed by atoms with Crippen molar-refractivity contribution in [2.45, 2.75) is 30.7 Å². The number of hydrogen-bond donors (Lipinski definition) is 1. The minimum absolute atomic E-state index is 0.103. The van der Waals surface area contributed by atoms with Gasteiger partial charge in [-0.1, -0.05) is 6.92 Å². The molecule has 0 bridgehead atoms. The lowest BCUT2D eigenvalue weighted by Crippen LogP contribution is -2.03. The Morgan fingerprint density at radius 2 is 2.57 bits per heavy atom. The Morgan fingerprint density at radius 1 is 1.79 bits per heavy atom. The third-order valence-corrected chi connectivity index (χ3v) is 4.29. The number of carbonyl (C=O) groups excluding carboxylic acids is 1. The monoisotopic (exact) mass is 232 g/mol. The molecule has 1 rings (SSSR count). The van der Waals surface area contributed by atoms with Crippen molar-refractivity contribution in [3.05, 3.63) is 12.0 Å². The molecule has 1 heterocycles. The highest BCUT2D eigenvalue weighted by atomic mass is 33.1. The topological polar surface area (TPSA) is 55.0 Å². The number of imidazole rings is 1. The van der Waals surface area contributed by atoms with E-state index in [0.29, 0.717) is 6.47 Å². The molecule has 1 aromatic heterocycles. The average Bonchev–Trinajstić information content (AvgIpc) is 2.59. The second-order valence-electron chi connectivity index (χ2n) is 2.58. The molecule has 6 heteroatoms. The number of nitrogens with one attached hydrogen (secondary N) is 1. The zero-order valence-corrected chi connectivity index (χ0v) is 9.65. The number of aromatic nitrogens is 2. The lowest BCUT2D eigenvalue weighted by molar-refractivity contribution is -0.130. The van der Waals surface area contributed by atoms with Gasteiger partial charge in [0.25, 0.3) is 6.47 Å². The van der Waals surface area contributed by atoms with E-state index >= 15 is 0 Å². The van der Waals surface area contributed by atoms with Crippen molar-refractivity contribution in [2.75, 3.05) is 0 Å². The van der Waals surface area contributed by atoms with Crippen LogP contribution in [0, 0.1) is 6.92 Å². The summed E-state index contributed by atoms with van der Waals surface area (Å²) < 4.78 is 4.85. The second kappa shape index (κ2) is 5.98. The molecule has 0 aliphatic rings. The normalized spacial score (nSPS) is 12.4. The molecule has 0 amide bonds. The standard InChI is InChI=1S/C8H12N2O2S2/c1-3-7(12-5-11)13-14-8-6(2)9-4-10-8/h4-5,7H,3H2,1-2H3,(H,9,10). The fraction of sp³-hybridized carbons (Fsp3) is 0.500. The van der Waals surface area contributed by atoms with E-state index < -0.39 is 0 Å². The zero-order valence-electron chi connectivity index (χ0n) is 8.02. The highest BCUT2D eigenvalue weighted by molar-refractivity contribution is 8.76.